The van der Waals surface area contributed by atoms with E-state index >= 15 is 0 Å². The van der Waals surface area contributed by atoms with Crippen LogP contribution in [0.25, 0.3) is 0 Å². The molecule has 0 saturated carbocycles. The van der Waals surface area contributed by atoms with Gasteiger partial charge in [-0.15, -0.1) is 0 Å². The number of hydrogen-bond acceptors (Lipinski definition) is 2. The van der Waals surface area contributed by atoms with Gasteiger partial charge in [-0.2, -0.15) is 0 Å². The van der Waals surface area contributed by atoms with E-state index in [0.717, 1.165) is 29.4 Å². The Morgan fingerprint density at radius 3 is 2.74 bits per heavy atom. The summed E-state index contributed by atoms with van der Waals surface area (Å²) in [4.78, 5) is 0. The predicted molar refractivity (Wildman–Crippen MR) is 81.0 cm³/mol. The van der Waals surface area contributed by atoms with Crippen LogP contribution in [0.3, 0.4) is 0 Å². The number of ether oxygens (including phenoxy) is 1. The third-order valence-corrected chi connectivity index (χ3v) is 3.68. The Kier molecular flexibility index (Phi) is 7.57. The molecule has 0 amide bonds. The second-order valence-corrected chi connectivity index (χ2v) is 5.79. The fraction of sp³-hybridized carbons (Fsp3) is 0.600. The molecule has 0 bridgehead atoms. The first-order chi connectivity index (χ1) is 9.06. The number of benzene rings is 1. The van der Waals surface area contributed by atoms with Crippen LogP contribution in [0.4, 0.5) is 4.39 Å². The van der Waals surface area contributed by atoms with Crippen LogP contribution in [0.5, 0.6) is 0 Å². The summed E-state index contributed by atoms with van der Waals surface area (Å²) in [5, 5.41) is 3.47. The number of methoxy groups -OCH3 is 1. The van der Waals surface area contributed by atoms with Crippen LogP contribution in [0.15, 0.2) is 22.7 Å². The summed E-state index contributed by atoms with van der Waals surface area (Å²) in [5.41, 5.74) is 0.750. The molecule has 0 fully saturated rings. The van der Waals surface area contributed by atoms with Crippen LogP contribution in [0.1, 0.15) is 32.3 Å². The fourth-order valence-corrected chi connectivity index (χ4v) is 2.37. The quantitative estimate of drug-likeness (QED) is 0.779. The lowest BCUT2D eigenvalue weighted by Gasteiger charge is -2.22. The van der Waals surface area contributed by atoms with Gasteiger partial charge in [-0.3, -0.25) is 0 Å². The molecule has 2 unspecified atom stereocenters. The molecule has 0 heterocycles. The van der Waals surface area contributed by atoms with Gasteiger partial charge in [0.15, 0.2) is 0 Å². The van der Waals surface area contributed by atoms with Crippen molar-refractivity contribution in [3.05, 3.63) is 34.1 Å². The second kappa shape index (κ2) is 8.67. The molecule has 1 N–H and O–H groups in total. The molecular weight excluding hydrogens is 309 g/mol. The largest absolute Gasteiger partial charge is 0.382 e. The van der Waals surface area contributed by atoms with E-state index in [2.05, 4.69) is 28.2 Å². The molecule has 0 radical (unpaired) electrons. The van der Waals surface area contributed by atoms with E-state index in [0.29, 0.717) is 6.42 Å². The summed E-state index contributed by atoms with van der Waals surface area (Å²) >= 11 is 3.28. The number of halogens is 2. The molecule has 1 aromatic carbocycles. The highest BCUT2D eigenvalue weighted by Gasteiger charge is 2.15. The van der Waals surface area contributed by atoms with Gasteiger partial charge in [0.1, 0.15) is 5.82 Å². The Hall–Kier alpha value is -0.450. The lowest BCUT2D eigenvalue weighted by atomic mass is 10.0. The standard InChI is InChI=1S/C15H23BrFNO/c1-4-7-18-14(8-11(2)19-3)9-12-5-6-13(16)10-15(12)17/h5-6,10-11,14,18H,4,7-9H2,1-3H3. The van der Waals surface area contributed by atoms with Crippen molar-refractivity contribution in [2.75, 3.05) is 13.7 Å². The van der Waals surface area contributed by atoms with Crippen molar-refractivity contribution in [3.63, 3.8) is 0 Å². The number of nitrogens with one attached hydrogen (secondary N) is 1. The molecule has 2 atom stereocenters. The molecular formula is C15H23BrFNO. The zero-order chi connectivity index (χ0) is 14.3. The zero-order valence-corrected chi connectivity index (χ0v) is 13.5. The summed E-state index contributed by atoms with van der Waals surface area (Å²) in [6.07, 6.45) is 2.81. The van der Waals surface area contributed by atoms with E-state index in [1.807, 2.05) is 19.1 Å². The van der Waals surface area contributed by atoms with E-state index in [4.69, 9.17) is 4.74 Å². The van der Waals surface area contributed by atoms with E-state index in [-0.39, 0.29) is 18.0 Å². The van der Waals surface area contributed by atoms with E-state index in [1.54, 1.807) is 7.11 Å². The number of hydrogen-bond donors (Lipinski definition) is 1. The molecule has 1 rings (SSSR count). The second-order valence-electron chi connectivity index (χ2n) is 4.87. The smallest absolute Gasteiger partial charge is 0.127 e. The monoisotopic (exact) mass is 331 g/mol. The highest BCUT2D eigenvalue weighted by Crippen LogP contribution is 2.18. The van der Waals surface area contributed by atoms with Gasteiger partial charge in [0, 0.05) is 17.6 Å². The van der Waals surface area contributed by atoms with Gasteiger partial charge in [0.05, 0.1) is 6.10 Å². The Bertz CT molecular complexity index is 386. The van der Waals surface area contributed by atoms with Crippen LogP contribution in [0, 0.1) is 5.82 Å². The summed E-state index contributed by atoms with van der Waals surface area (Å²) in [7, 11) is 1.71. The predicted octanol–water partition coefficient (Wildman–Crippen LogP) is 3.92. The lowest BCUT2D eigenvalue weighted by molar-refractivity contribution is 0.100. The maximum absolute atomic E-state index is 13.9. The Balaban J connectivity index is 2.69. The van der Waals surface area contributed by atoms with Gasteiger partial charge in [-0.05, 0) is 50.4 Å². The van der Waals surface area contributed by atoms with E-state index in [1.165, 1.54) is 6.07 Å². The molecule has 0 aliphatic heterocycles. The van der Waals surface area contributed by atoms with Gasteiger partial charge < -0.3 is 10.1 Å². The highest BCUT2D eigenvalue weighted by molar-refractivity contribution is 9.10. The average molecular weight is 332 g/mol. The van der Waals surface area contributed by atoms with Gasteiger partial charge in [-0.25, -0.2) is 4.39 Å². The van der Waals surface area contributed by atoms with Crippen molar-refractivity contribution in [1.82, 2.24) is 5.32 Å². The first-order valence-corrected chi connectivity index (χ1v) is 7.56. The first kappa shape index (κ1) is 16.6. The van der Waals surface area contributed by atoms with Crippen LogP contribution in [-0.4, -0.2) is 25.8 Å². The molecule has 0 saturated heterocycles. The number of rotatable bonds is 8. The van der Waals surface area contributed by atoms with Crippen molar-refractivity contribution in [2.45, 2.75) is 45.3 Å². The van der Waals surface area contributed by atoms with E-state index < -0.39 is 0 Å². The molecule has 2 nitrogen and oxygen atoms in total. The van der Waals surface area contributed by atoms with Gasteiger partial charge in [0.25, 0.3) is 0 Å². The maximum atomic E-state index is 13.9. The molecule has 0 aliphatic carbocycles. The van der Waals surface area contributed by atoms with Crippen molar-refractivity contribution >= 4 is 15.9 Å². The molecule has 4 heteroatoms. The summed E-state index contributed by atoms with van der Waals surface area (Å²) in [5.74, 6) is -0.150. The first-order valence-electron chi connectivity index (χ1n) is 6.76. The normalized spacial score (nSPS) is 14.4. The van der Waals surface area contributed by atoms with Gasteiger partial charge in [-0.1, -0.05) is 28.9 Å². The third kappa shape index (κ3) is 6.02. The highest BCUT2D eigenvalue weighted by atomic mass is 79.9. The van der Waals surface area contributed by atoms with Crippen molar-refractivity contribution in [2.24, 2.45) is 0 Å². The zero-order valence-electron chi connectivity index (χ0n) is 11.9. The van der Waals surface area contributed by atoms with Crippen LogP contribution >= 0.6 is 15.9 Å². The maximum Gasteiger partial charge on any atom is 0.127 e. The van der Waals surface area contributed by atoms with Crippen LogP contribution in [0.2, 0.25) is 0 Å². The Labute approximate surface area is 123 Å². The minimum atomic E-state index is -0.150. The van der Waals surface area contributed by atoms with Gasteiger partial charge >= 0.3 is 0 Å². The summed E-state index contributed by atoms with van der Waals surface area (Å²) < 4.78 is 19.9. The third-order valence-electron chi connectivity index (χ3n) is 3.18. The Morgan fingerprint density at radius 2 is 2.16 bits per heavy atom. The fourth-order valence-electron chi connectivity index (χ4n) is 2.04. The topological polar surface area (TPSA) is 21.3 Å². The molecule has 0 aliphatic rings. The molecule has 19 heavy (non-hydrogen) atoms. The minimum Gasteiger partial charge on any atom is -0.382 e. The Morgan fingerprint density at radius 1 is 1.42 bits per heavy atom. The molecule has 0 spiro atoms. The van der Waals surface area contributed by atoms with Crippen molar-refractivity contribution in [1.29, 1.82) is 0 Å². The molecule has 1 aromatic rings. The van der Waals surface area contributed by atoms with Crippen molar-refractivity contribution in [3.8, 4) is 0 Å². The SMILES string of the molecule is CCCNC(Cc1ccc(Br)cc1F)CC(C)OC. The summed E-state index contributed by atoms with van der Waals surface area (Å²) in [6, 6.07) is 5.49. The lowest BCUT2D eigenvalue weighted by Crippen LogP contribution is -2.35. The van der Waals surface area contributed by atoms with Crippen molar-refractivity contribution < 1.29 is 9.13 Å². The minimum absolute atomic E-state index is 0.150. The molecule has 0 aromatic heterocycles. The van der Waals surface area contributed by atoms with Gasteiger partial charge in [0.2, 0.25) is 0 Å². The van der Waals surface area contributed by atoms with Crippen LogP contribution in [-0.2, 0) is 11.2 Å². The van der Waals surface area contributed by atoms with E-state index in [9.17, 15) is 4.39 Å². The molecule has 108 valence electrons. The summed E-state index contributed by atoms with van der Waals surface area (Å²) in [6.45, 7) is 5.11. The van der Waals surface area contributed by atoms with Crippen LogP contribution < -0.4 is 5.32 Å². The average Bonchev–Trinajstić information content (AvgIpc) is 2.38.